The van der Waals surface area contributed by atoms with E-state index >= 15 is 0 Å². The molecule has 0 aliphatic rings. The lowest BCUT2D eigenvalue weighted by molar-refractivity contribution is 0.0935. The largest absolute Gasteiger partial charge is 0.493 e. The van der Waals surface area contributed by atoms with Crippen molar-refractivity contribution in [2.45, 2.75) is 17.9 Å². The molecule has 10 heteroatoms. The van der Waals surface area contributed by atoms with E-state index in [2.05, 4.69) is 10.3 Å². The summed E-state index contributed by atoms with van der Waals surface area (Å²) >= 11 is 1.34. The number of nitrogens with one attached hydrogen (secondary N) is 1. The highest BCUT2D eigenvalue weighted by molar-refractivity contribution is 7.89. The zero-order valence-corrected chi connectivity index (χ0v) is 18.2. The van der Waals surface area contributed by atoms with Gasteiger partial charge in [-0.25, -0.2) is 18.5 Å². The Labute approximate surface area is 178 Å². The van der Waals surface area contributed by atoms with Gasteiger partial charge in [0.1, 0.15) is 10.7 Å². The molecule has 2 aromatic carbocycles. The van der Waals surface area contributed by atoms with Crippen LogP contribution in [0, 0.1) is 0 Å². The maximum Gasteiger partial charge on any atom is 0.271 e. The lowest BCUT2D eigenvalue weighted by atomic mass is 10.1. The normalized spacial score (nSPS) is 12.3. The van der Waals surface area contributed by atoms with Crippen LogP contribution in [0.25, 0.3) is 10.6 Å². The highest BCUT2D eigenvalue weighted by atomic mass is 32.2. The van der Waals surface area contributed by atoms with Crippen molar-refractivity contribution >= 4 is 27.3 Å². The van der Waals surface area contributed by atoms with Crippen LogP contribution in [0.5, 0.6) is 11.5 Å². The first-order valence-electron chi connectivity index (χ1n) is 8.84. The molecule has 0 fully saturated rings. The van der Waals surface area contributed by atoms with Crippen molar-refractivity contribution in [1.82, 2.24) is 10.3 Å². The van der Waals surface area contributed by atoms with Gasteiger partial charge in [-0.1, -0.05) is 12.1 Å². The Morgan fingerprint density at radius 2 is 1.77 bits per heavy atom. The second kappa shape index (κ2) is 8.82. The second-order valence-corrected chi connectivity index (χ2v) is 8.84. The Kier molecular flexibility index (Phi) is 6.40. The first-order valence-corrected chi connectivity index (χ1v) is 11.3. The lowest BCUT2D eigenvalue weighted by Gasteiger charge is -2.13. The predicted molar refractivity (Wildman–Crippen MR) is 114 cm³/mol. The maximum absolute atomic E-state index is 12.6. The first-order chi connectivity index (χ1) is 14.2. The fraction of sp³-hybridized carbons (Fsp3) is 0.200. The van der Waals surface area contributed by atoms with E-state index in [4.69, 9.17) is 14.6 Å². The quantitative estimate of drug-likeness (QED) is 0.574. The Bertz CT molecular complexity index is 1160. The van der Waals surface area contributed by atoms with Crippen LogP contribution in [-0.4, -0.2) is 33.5 Å². The van der Waals surface area contributed by atoms with E-state index in [1.54, 1.807) is 50.8 Å². The molecule has 0 radical (unpaired) electrons. The van der Waals surface area contributed by atoms with Crippen molar-refractivity contribution in [3.8, 4) is 22.1 Å². The van der Waals surface area contributed by atoms with E-state index in [9.17, 15) is 13.2 Å². The minimum atomic E-state index is -3.76. The van der Waals surface area contributed by atoms with Gasteiger partial charge in [-0.05, 0) is 42.8 Å². The summed E-state index contributed by atoms with van der Waals surface area (Å²) < 4.78 is 33.3. The van der Waals surface area contributed by atoms with Crippen LogP contribution in [0.4, 0.5) is 0 Å². The molecule has 3 N–H and O–H groups in total. The molecule has 1 heterocycles. The number of nitrogens with two attached hydrogens (primary N) is 1. The van der Waals surface area contributed by atoms with Gasteiger partial charge in [-0.2, -0.15) is 0 Å². The Morgan fingerprint density at radius 1 is 1.10 bits per heavy atom. The van der Waals surface area contributed by atoms with Crippen molar-refractivity contribution in [1.29, 1.82) is 0 Å². The Hall–Kier alpha value is -2.95. The van der Waals surface area contributed by atoms with E-state index < -0.39 is 10.0 Å². The van der Waals surface area contributed by atoms with Gasteiger partial charge in [0.15, 0.2) is 11.5 Å². The number of primary sulfonamides is 1. The number of hydrogen-bond acceptors (Lipinski definition) is 7. The van der Waals surface area contributed by atoms with Crippen molar-refractivity contribution < 1.29 is 22.7 Å². The van der Waals surface area contributed by atoms with E-state index in [1.165, 1.54) is 23.5 Å². The van der Waals surface area contributed by atoms with Crippen LogP contribution >= 0.6 is 11.3 Å². The van der Waals surface area contributed by atoms with E-state index in [0.29, 0.717) is 16.5 Å². The number of thiazole rings is 1. The third-order valence-corrected chi connectivity index (χ3v) is 6.24. The molecule has 8 nitrogen and oxygen atoms in total. The number of sulfonamides is 1. The number of rotatable bonds is 7. The first kappa shape index (κ1) is 21.8. The minimum absolute atomic E-state index is 0.0174. The number of benzene rings is 2. The molecule has 30 heavy (non-hydrogen) atoms. The molecule has 1 aromatic heterocycles. The van der Waals surface area contributed by atoms with Crippen LogP contribution < -0.4 is 19.9 Å². The van der Waals surface area contributed by atoms with Gasteiger partial charge in [0.25, 0.3) is 5.91 Å². The molecule has 0 unspecified atom stereocenters. The Balaban J connectivity index is 1.73. The molecule has 0 bridgehead atoms. The highest BCUT2D eigenvalue weighted by Gasteiger charge is 2.17. The molecule has 3 rings (SSSR count). The lowest BCUT2D eigenvalue weighted by Crippen LogP contribution is -2.27. The fourth-order valence-corrected chi connectivity index (χ4v) is 4.09. The van der Waals surface area contributed by atoms with E-state index in [1.807, 2.05) is 6.07 Å². The molecule has 158 valence electrons. The van der Waals surface area contributed by atoms with E-state index in [-0.39, 0.29) is 22.5 Å². The number of amides is 1. The summed E-state index contributed by atoms with van der Waals surface area (Å²) in [5.74, 6) is 0.854. The molecule has 3 aromatic rings. The number of carbonyl (C=O) groups is 1. The molecule has 0 spiro atoms. The van der Waals surface area contributed by atoms with Gasteiger partial charge in [0.05, 0.1) is 25.2 Å². The van der Waals surface area contributed by atoms with Crippen LogP contribution in [0.2, 0.25) is 0 Å². The number of nitrogens with zero attached hydrogens (tertiary/aromatic N) is 1. The summed E-state index contributed by atoms with van der Waals surface area (Å²) in [6, 6.07) is 11.1. The summed E-state index contributed by atoms with van der Waals surface area (Å²) in [6.45, 7) is 1.80. The summed E-state index contributed by atoms with van der Waals surface area (Å²) in [6.07, 6.45) is 0. The smallest absolute Gasteiger partial charge is 0.271 e. The monoisotopic (exact) mass is 447 g/mol. The predicted octanol–water partition coefficient (Wildman–Crippen LogP) is 2.97. The molecule has 1 atom stereocenters. The van der Waals surface area contributed by atoms with Crippen molar-refractivity contribution in [3.63, 3.8) is 0 Å². The number of hydrogen-bond donors (Lipinski definition) is 2. The van der Waals surface area contributed by atoms with Crippen molar-refractivity contribution in [3.05, 3.63) is 59.1 Å². The van der Waals surface area contributed by atoms with Gasteiger partial charge in [-0.3, -0.25) is 4.79 Å². The van der Waals surface area contributed by atoms with Crippen LogP contribution in [-0.2, 0) is 10.0 Å². The molecular formula is C20H21N3O5S2. The fourth-order valence-electron chi connectivity index (χ4n) is 2.78. The molecule has 0 saturated heterocycles. The van der Waals surface area contributed by atoms with Crippen molar-refractivity contribution in [2.75, 3.05) is 14.2 Å². The average Bonchev–Trinajstić information content (AvgIpc) is 3.23. The second-order valence-electron chi connectivity index (χ2n) is 6.42. The third-order valence-electron chi connectivity index (χ3n) is 4.42. The molecule has 0 aliphatic carbocycles. The maximum atomic E-state index is 12.6. The van der Waals surface area contributed by atoms with Gasteiger partial charge >= 0.3 is 0 Å². The number of aromatic nitrogens is 1. The Morgan fingerprint density at radius 3 is 2.37 bits per heavy atom. The van der Waals surface area contributed by atoms with Gasteiger partial charge in [-0.15, -0.1) is 11.3 Å². The minimum Gasteiger partial charge on any atom is -0.493 e. The highest BCUT2D eigenvalue weighted by Crippen LogP contribution is 2.33. The zero-order chi connectivity index (χ0) is 21.9. The summed E-state index contributed by atoms with van der Waals surface area (Å²) in [5.41, 5.74) is 1.84. The summed E-state index contributed by atoms with van der Waals surface area (Å²) in [4.78, 5) is 17.0. The summed E-state index contributed by atoms with van der Waals surface area (Å²) in [7, 11) is -0.640. The molecule has 0 aliphatic heterocycles. The van der Waals surface area contributed by atoms with Crippen LogP contribution in [0.15, 0.2) is 52.7 Å². The van der Waals surface area contributed by atoms with Gasteiger partial charge in [0.2, 0.25) is 10.0 Å². The summed E-state index contributed by atoms with van der Waals surface area (Å²) in [5, 5.41) is 10.3. The van der Waals surface area contributed by atoms with Gasteiger partial charge in [0, 0.05) is 10.9 Å². The zero-order valence-electron chi connectivity index (χ0n) is 16.6. The molecule has 0 saturated carbocycles. The van der Waals surface area contributed by atoms with Crippen LogP contribution in [0.1, 0.15) is 29.0 Å². The third kappa shape index (κ3) is 4.78. The standard InChI is InChI=1S/C20H21N3O5S2/c1-12(13-4-7-15(8-5-13)30(21,25)26)22-19(24)16-11-29-20(23-16)14-6-9-17(27-2)18(10-14)28-3/h4-12H,1-3H3,(H,22,24)(H2,21,25,26)/t12-/m1/s1. The number of ether oxygens (including phenoxy) is 2. The topological polar surface area (TPSA) is 121 Å². The van der Waals surface area contributed by atoms with Crippen LogP contribution in [0.3, 0.4) is 0 Å². The SMILES string of the molecule is COc1ccc(-c2nc(C(=O)N[C@H](C)c3ccc(S(N)(=O)=O)cc3)cs2)cc1OC. The number of carbonyl (C=O) groups excluding carboxylic acids is 1. The van der Waals surface area contributed by atoms with Gasteiger partial charge < -0.3 is 14.8 Å². The van der Waals surface area contributed by atoms with E-state index in [0.717, 1.165) is 11.1 Å². The molecular weight excluding hydrogens is 426 g/mol. The molecule has 1 amide bonds. The number of methoxy groups -OCH3 is 2. The van der Waals surface area contributed by atoms with Crippen molar-refractivity contribution in [2.24, 2.45) is 5.14 Å². The average molecular weight is 448 g/mol.